The maximum Gasteiger partial charge on any atom is 0.335 e. The number of nitrogens with two attached hydrogens (primary N) is 1. The summed E-state index contributed by atoms with van der Waals surface area (Å²) in [7, 11) is 0. The fraction of sp³-hybridized carbons (Fsp3) is 0.105. The Morgan fingerprint density at radius 3 is 2.50 bits per heavy atom. The van der Waals surface area contributed by atoms with Gasteiger partial charge in [0.2, 0.25) is 12.7 Å². The zero-order chi connectivity index (χ0) is 20.3. The molecule has 0 aliphatic carbocycles. The predicted molar refractivity (Wildman–Crippen MR) is 98.4 cm³/mol. The Balaban J connectivity index is 2.06. The van der Waals surface area contributed by atoms with Crippen molar-refractivity contribution in [1.29, 1.82) is 5.41 Å². The van der Waals surface area contributed by atoms with Crippen LogP contribution in [0, 0.1) is 5.41 Å². The van der Waals surface area contributed by atoms with Crippen molar-refractivity contribution in [2.24, 2.45) is 5.73 Å². The number of benzene rings is 2. The summed E-state index contributed by atoms with van der Waals surface area (Å²) < 4.78 is 10.6. The van der Waals surface area contributed by atoms with Crippen LogP contribution >= 0.6 is 0 Å². The van der Waals surface area contributed by atoms with Crippen LogP contribution in [0.25, 0.3) is 5.70 Å². The zero-order valence-corrected chi connectivity index (χ0v) is 14.6. The number of rotatable bonds is 6. The summed E-state index contributed by atoms with van der Waals surface area (Å²) in [5.74, 6) is -0.879. The quantitative estimate of drug-likeness (QED) is 0.289. The van der Waals surface area contributed by atoms with Gasteiger partial charge in [-0.2, -0.15) is 0 Å². The van der Waals surface area contributed by atoms with Gasteiger partial charge in [-0.15, -0.1) is 0 Å². The van der Waals surface area contributed by atoms with E-state index in [2.05, 4.69) is 0 Å². The number of carboxylic acids is 1. The summed E-state index contributed by atoms with van der Waals surface area (Å²) in [6, 6.07) is 10.7. The molecule has 1 aliphatic rings. The maximum absolute atomic E-state index is 11.8. The fourth-order valence-corrected chi connectivity index (χ4v) is 2.74. The molecule has 28 heavy (non-hydrogen) atoms. The highest BCUT2D eigenvalue weighted by molar-refractivity contribution is 6.17. The number of carbonyl (C=O) groups excluding carboxylic acids is 1. The topological polar surface area (TPSA) is 155 Å². The van der Waals surface area contributed by atoms with Crippen LogP contribution in [0.3, 0.4) is 0 Å². The molecule has 0 fully saturated rings. The van der Waals surface area contributed by atoms with Crippen LogP contribution < -0.4 is 20.7 Å². The van der Waals surface area contributed by atoms with Gasteiger partial charge >= 0.3 is 5.97 Å². The number of carbonyl (C=O) groups is 2. The summed E-state index contributed by atoms with van der Waals surface area (Å²) in [6.45, 7) is 0.0833. The summed E-state index contributed by atoms with van der Waals surface area (Å²) in [6.07, 6.45) is -0.382. The molecule has 2 aromatic carbocycles. The molecule has 0 unspecified atom stereocenters. The van der Waals surface area contributed by atoms with Crippen LogP contribution in [0.2, 0.25) is 0 Å². The first-order valence-corrected chi connectivity index (χ1v) is 8.15. The highest BCUT2D eigenvalue weighted by Crippen LogP contribution is 2.34. The van der Waals surface area contributed by atoms with Gasteiger partial charge in [-0.25, -0.2) is 10.3 Å². The van der Waals surface area contributed by atoms with Gasteiger partial charge in [0.25, 0.3) is 0 Å². The van der Waals surface area contributed by atoms with Crippen LogP contribution in [-0.4, -0.2) is 34.7 Å². The van der Waals surface area contributed by atoms with E-state index in [0.717, 1.165) is 0 Å². The second-order valence-electron chi connectivity index (χ2n) is 5.93. The molecule has 0 spiro atoms. The Bertz CT molecular complexity index is 999. The van der Waals surface area contributed by atoms with Gasteiger partial charge in [0.05, 0.1) is 17.7 Å². The van der Waals surface area contributed by atoms with E-state index < -0.39 is 11.9 Å². The van der Waals surface area contributed by atoms with Crippen LogP contribution in [0.15, 0.2) is 48.0 Å². The number of hydrogen-bond acceptors (Lipinski definition) is 7. The van der Waals surface area contributed by atoms with E-state index in [1.165, 1.54) is 23.7 Å². The normalized spacial score (nSPS) is 12.9. The molecule has 0 saturated carbocycles. The average molecular weight is 383 g/mol. The van der Waals surface area contributed by atoms with Crippen LogP contribution in [0.4, 0.5) is 0 Å². The minimum Gasteiger partial charge on any atom is -0.478 e. The highest BCUT2D eigenvalue weighted by atomic mass is 16.7. The first kappa shape index (κ1) is 18.9. The molecule has 0 atom stereocenters. The summed E-state index contributed by atoms with van der Waals surface area (Å²) in [5.41, 5.74) is 8.60. The SMILES string of the molecule is N=C(/C(CC(=O)NO)=C(\N)c1ccc2c(c1)OCO2)c1cccc(C(=O)O)c1. The Morgan fingerprint density at radius 2 is 1.79 bits per heavy atom. The first-order valence-electron chi connectivity index (χ1n) is 8.15. The second-order valence-corrected chi connectivity index (χ2v) is 5.93. The number of hydroxylamine groups is 1. The lowest BCUT2D eigenvalue weighted by atomic mass is 9.94. The van der Waals surface area contributed by atoms with Crippen LogP contribution in [0.5, 0.6) is 11.5 Å². The third kappa shape index (κ3) is 3.79. The van der Waals surface area contributed by atoms with E-state index in [0.29, 0.717) is 17.1 Å². The average Bonchev–Trinajstić information content (AvgIpc) is 3.18. The zero-order valence-electron chi connectivity index (χ0n) is 14.6. The smallest absolute Gasteiger partial charge is 0.335 e. The molecular formula is C19H17N3O6. The van der Waals surface area contributed by atoms with E-state index in [1.807, 2.05) is 0 Å². The van der Waals surface area contributed by atoms with Gasteiger partial charge < -0.3 is 20.3 Å². The number of aromatic carboxylic acids is 1. The lowest BCUT2D eigenvalue weighted by Crippen LogP contribution is -2.23. The first-order chi connectivity index (χ1) is 13.4. The Morgan fingerprint density at radius 1 is 1.07 bits per heavy atom. The molecule has 1 amide bonds. The number of fused-ring (bicyclic) bond motifs is 1. The molecule has 1 heterocycles. The van der Waals surface area contributed by atoms with Gasteiger partial charge in [-0.05, 0) is 30.3 Å². The minimum absolute atomic E-state index is 0.00476. The van der Waals surface area contributed by atoms with Gasteiger partial charge in [0.1, 0.15) is 0 Å². The molecule has 0 aromatic heterocycles. The van der Waals surface area contributed by atoms with Gasteiger partial charge in [0.15, 0.2) is 11.5 Å². The van der Waals surface area contributed by atoms with E-state index in [4.69, 9.17) is 30.9 Å². The van der Waals surface area contributed by atoms with Crippen LogP contribution in [0.1, 0.15) is 27.9 Å². The van der Waals surface area contributed by atoms with E-state index in [-0.39, 0.29) is 41.3 Å². The number of hydrogen-bond donors (Lipinski definition) is 5. The highest BCUT2D eigenvalue weighted by Gasteiger charge is 2.20. The van der Waals surface area contributed by atoms with Gasteiger partial charge in [0, 0.05) is 22.4 Å². The number of nitrogens with one attached hydrogen (secondary N) is 2. The summed E-state index contributed by atoms with van der Waals surface area (Å²) in [5, 5.41) is 26.5. The van der Waals surface area contributed by atoms with E-state index >= 15 is 0 Å². The van der Waals surface area contributed by atoms with Crippen molar-refractivity contribution in [3.05, 3.63) is 64.7 Å². The number of amides is 1. The molecule has 2 aromatic rings. The molecule has 0 bridgehead atoms. The molecule has 0 radical (unpaired) electrons. The summed E-state index contributed by atoms with van der Waals surface area (Å²) in [4.78, 5) is 23.0. The molecule has 3 rings (SSSR count). The standard InChI is InChI=1S/C19H17N3O6/c20-17(10-2-1-3-12(6-10)19(24)25)13(8-16(23)22-26)18(21)11-4-5-14-15(7-11)28-9-27-14/h1-7,20,26H,8-9,21H2,(H,22,23)(H,24,25)/b18-13-,20-17?. The number of ether oxygens (including phenoxy) is 2. The molecular weight excluding hydrogens is 366 g/mol. The largest absolute Gasteiger partial charge is 0.478 e. The minimum atomic E-state index is -1.14. The van der Waals surface area contributed by atoms with Crippen molar-refractivity contribution in [3.8, 4) is 11.5 Å². The molecule has 6 N–H and O–H groups in total. The second kappa shape index (κ2) is 7.80. The Kier molecular flexibility index (Phi) is 5.28. The van der Waals surface area contributed by atoms with Crippen LogP contribution in [-0.2, 0) is 4.79 Å². The lowest BCUT2D eigenvalue weighted by Gasteiger charge is -2.14. The Hall–Kier alpha value is -3.85. The van der Waals surface area contributed by atoms with E-state index in [9.17, 15) is 9.59 Å². The molecule has 9 nitrogen and oxygen atoms in total. The lowest BCUT2D eigenvalue weighted by molar-refractivity contribution is -0.128. The molecule has 0 saturated heterocycles. The monoisotopic (exact) mass is 383 g/mol. The molecule has 1 aliphatic heterocycles. The third-order valence-corrected chi connectivity index (χ3v) is 4.17. The fourth-order valence-electron chi connectivity index (χ4n) is 2.74. The molecule has 144 valence electrons. The van der Waals surface area contributed by atoms with Crippen molar-refractivity contribution >= 4 is 23.3 Å². The Labute approximate surface area is 159 Å². The van der Waals surface area contributed by atoms with Crippen molar-refractivity contribution in [3.63, 3.8) is 0 Å². The van der Waals surface area contributed by atoms with Crippen molar-refractivity contribution < 1.29 is 29.4 Å². The third-order valence-electron chi connectivity index (χ3n) is 4.17. The number of carboxylic acid groups (broad SMARTS) is 1. The van der Waals surface area contributed by atoms with Gasteiger partial charge in [-0.3, -0.25) is 15.4 Å². The van der Waals surface area contributed by atoms with E-state index in [1.54, 1.807) is 24.3 Å². The van der Waals surface area contributed by atoms with Gasteiger partial charge in [-0.1, -0.05) is 12.1 Å². The maximum atomic E-state index is 11.8. The van der Waals surface area contributed by atoms with Crippen molar-refractivity contribution in [2.75, 3.05) is 6.79 Å². The predicted octanol–water partition coefficient (Wildman–Crippen LogP) is 1.75. The summed E-state index contributed by atoms with van der Waals surface area (Å²) >= 11 is 0. The van der Waals surface area contributed by atoms with Crippen molar-refractivity contribution in [1.82, 2.24) is 5.48 Å². The van der Waals surface area contributed by atoms with Crippen molar-refractivity contribution in [2.45, 2.75) is 6.42 Å². The molecule has 9 heteroatoms.